The third-order valence-electron chi connectivity index (χ3n) is 14.7. The largest absolute Gasteiger partial charge is 0.462 e. The van der Waals surface area contributed by atoms with Crippen LogP contribution in [0, 0.1) is 57.7 Å². The zero-order chi connectivity index (χ0) is 35.0. The van der Waals surface area contributed by atoms with Crippen molar-refractivity contribution in [3.05, 3.63) is 0 Å². The molecule has 1 spiro atoms. The number of fused-ring (bicyclic) bond motifs is 9. The number of rotatable bonds is 3. The average molecular weight is 677 g/mol. The van der Waals surface area contributed by atoms with Crippen LogP contribution >= 0.6 is 0 Å². The quantitative estimate of drug-likeness (QED) is 0.205. The van der Waals surface area contributed by atoms with Crippen LogP contribution in [0.25, 0.3) is 0 Å². The predicted molar refractivity (Wildman–Crippen MR) is 156 cm³/mol. The summed E-state index contributed by atoms with van der Waals surface area (Å²) in [5.41, 5.74) is -6.25. The van der Waals surface area contributed by atoms with Crippen LogP contribution in [0.1, 0.15) is 61.8 Å². The van der Waals surface area contributed by atoms with Crippen LogP contribution in [0.4, 0.5) is 0 Å². The van der Waals surface area contributed by atoms with Gasteiger partial charge in [-0.15, -0.1) is 0 Å². The summed E-state index contributed by atoms with van der Waals surface area (Å²) >= 11 is 0. The maximum Gasteiger partial charge on any atom is 0.341 e. The van der Waals surface area contributed by atoms with E-state index in [-0.39, 0.29) is 12.5 Å². The van der Waals surface area contributed by atoms with E-state index in [4.69, 9.17) is 28.4 Å². The molecule has 5 aliphatic carbocycles. The zero-order valence-electron chi connectivity index (χ0n) is 28.2. The topological polar surface area (TPSA) is 208 Å². The smallest absolute Gasteiger partial charge is 0.341 e. The molecule has 0 radical (unpaired) electrons. The monoisotopic (exact) mass is 676 g/mol. The van der Waals surface area contributed by atoms with Gasteiger partial charge in [0.1, 0.15) is 36.6 Å². The van der Waals surface area contributed by atoms with Gasteiger partial charge in [-0.1, -0.05) is 20.8 Å². The first-order valence-corrected chi connectivity index (χ1v) is 16.9. The molecule has 0 amide bonds. The summed E-state index contributed by atoms with van der Waals surface area (Å²) < 4.78 is 36.1. The second kappa shape index (κ2) is 9.36. The molecule has 0 unspecified atom stereocenters. The molecule has 20 atom stereocenters. The van der Waals surface area contributed by atoms with Gasteiger partial charge in [-0.25, -0.2) is 4.79 Å². The van der Waals surface area contributed by atoms with Crippen LogP contribution < -0.4 is 0 Å². The van der Waals surface area contributed by atoms with E-state index in [1.54, 1.807) is 20.8 Å². The number of hydrogen-bond acceptors (Lipinski definition) is 14. The lowest BCUT2D eigenvalue weighted by atomic mass is 9.41. The van der Waals surface area contributed by atoms with Crippen LogP contribution in [-0.2, 0) is 52.4 Å². The van der Waals surface area contributed by atoms with Crippen molar-refractivity contribution in [2.24, 2.45) is 57.7 Å². The minimum Gasteiger partial charge on any atom is -0.462 e. The van der Waals surface area contributed by atoms with Crippen molar-refractivity contribution in [2.75, 3.05) is 0 Å². The van der Waals surface area contributed by atoms with E-state index < -0.39 is 141 Å². The van der Waals surface area contributed by atoms with Gasteiger partial charge in [0.15, 0.2) is 11.4 Å². The van der Waals surface area contributed by atoms with Gasteiger partial charge >= 0.3 is 23.9 Å². The lowest BCUT2D eigenvalue weighted by Crippen LogP contribution is -2.74. The Kier molecular flexibility index (Phi) is 6.35. The molecule has 8 rings (SSSR count). The third kappa shape index (κ3) is 3.39. The Morgan fingerprint density at radius 1 is 0.833 bits per heavy atom. The number of carbonyl (C=O) groups excluding carboxylic acids is 5. The Labute approximate surface area is 277 Å². The fraction of sp³-hybridized carbons (Fsp3) is 0.853. The van der Waals surface area contributed by atoms with Crippen molar-refractivity contribution in [2.45, 2.75) is 122 Å². The Morgan fingerprint density at radius 2 is 1.44 bits per heavy atom. The van der Waals surface area contributed by atoms with Gasteiger partial charge in [-0.2, -0.15) is 0 Å². The van der Waals surface area contributed by atoms with E-state index in [9.17, 15) is 39.3 Å². The summed E-state index contributed by atoms with van der Waals surface area (Å²) in [6.07, 6.45) is -7.92. The van der Waals surface area contributed by atoms with E-state index >= 15 is 0 Å². The molecule has 8 aliphatic rings. The molecule has 0 aromatic rings. The number of epoxide rings is 2. The SMILES string of the molecule is CC(=O)O[C@@H]1[C@H]2[C@H]3[C@H]([C@H](O)[C@H](OC(C)=O)[C@]2(C)[C@H]2[C@H](C)[C@@H]4O[C@@]45OC(=O)[C@@](C)(O)[C@]5(C)[C@H]12)[C@]1(C)[C@H](C[C@@H]2O[C@@H]2[C@@H]1OC(C)=O)C(=O)[C@@H]3O. The first-order valence-electron chi connectivity index (χ1n) is 16.9. The van der Waals surface area contributed by atoms with Crippen LogP contribution in [0.15, 0.2) is 0 Å². The van der Waals surface area contributed by atoms with E-state index in [0.29, 0.717) is 0 Å². The highest BCUT2D eigenvalue weighted by molar-refractivity contribution is 5.88. The first kappa shape index (κ1) is 32.5. The number of hydrogen-bond donors (Lipinski definition) is 3. The fourth-order valence-corrected chi connectivity index (χ4v) is 12.9. The predicted octanol–water partition coefficient (Wildman–Crippen LogP) is 0.0530. The molecule has 0 aromatic heterocycles. The van der Waals surface area contributed by atoms with Gasteiger partial charge in [-0.05, 0) is 32.1 Å². The Bertz CT molecular complexity index is 1540. The molecule has 3 heterocycles. The molecule has 14 heteroatoms. The zero-order valence-corrected chi connectivity index (χ0v) is 28.2. The Balaban J connectivity index is 1.38. The summed E-state index contributed by atoms with van der Waals surface area (Å²) in [6, 6.07) is 0. The van der Waals surface area contributed by atoms with Crippen molar-refractivity contribution < 1.29 is 67.7 Å². The Hall–Kier alpha value is -2.65. The number of carbonyl (C=O) groups is 5. The van der Waals surface area contributed by atoms with Crippen molar-refractivity contribution in [1.29, 1.82) is 0 Å². The van der Waals surface area contributed by atoms with Crippen molar-refractivity contribution >= 4 is 29.7 Å². The van der Waals surface area contributed by atoms with Gasteiger partial charge in [0.05, 0.1) is 17.6 Å². The van der Waals surface area contributed by atoms with Crippen LogP contribution in [0.5, 0.6) is 0 Å². The molecule has 8 fully saturated rings. The normalized spacial score (nSPS) is 59.6. The van der Waals surface area contributed by atoms with Gasteiger partial charge in [0, 0.05) is 61.2 Å². The third-order valence-corrected chi connectivity index (χ3v) is 14.7. The van der Waals surface area contributed by atoms with Crippen LogP contribution in [-0.4, -0.2) is 105 Å². The van der Waals surface area contributed by atoms with Crippen molar-refractivity contribution in [3.8, 4) is 0 Å². The van der Waals surface area contributed by atoms with Crippen molar-refractivity contribution in [1.82, 2.24) is 0 Å². The lowest BCUT2D eigenvalue weighted by molar-refractivity contribution is -0.269. The van der Waals surface area contributed by atoms with Gasteiger partial charge < -0.3 is 43.7 Å². The Morgan fingerprint density at radius 3 is 2.04 bits per heavy atom. The maximum atomic E-state index is 14.4. The number of aliphatic hydroxyl groups is 3. The van der Waals surface area contributed by atoms with Crippen LogP contribution in [0.2, 0.25) is 0 Å². The summed E-state index contributed by atoms with van der Waals surface area (Å²) in [4.78, 5) is 66.2. The van der Waals surface area contributed by atoms with E-state index in [2.05, 4.69) is 0 Å². The molecule has 0 bridgehead atoms. The number of ether oxygens (including phenoxy) is 6. The first-order chi connectivity index (χ1) is 22.2. The highest BCUT2D eigenvalue weighted by Crippen LogP contribution is 2.81. The number of ketones is 1. The second-order valence-corrected chi connectivity index (χ2v) is 16.5. The average Bonchev–Trinajstić information content (AvgIpc) is 3.88. The highest BCUT2D eigenvalue weighted by atomic mass is 16.8. The van der Waals surface area contributed by atoms with Gasteiger partial charge in [-0.3, -0.25) is 19.2 Å². The highest BCUT2D eigenvalue weighted by Gasteiger charge is 2.93. The lowest BCUT2D eigenvalue weighted by Gasteiger charge is -2.65. The number of Topliss-reactive ketones (excluding diaryl/α,β-unsaturated/α-hetero) is 1. The summed E-state index contributed by atoms with van der Waals surface area (Å²) in [5.74, 6) is -10.9. The molecule has 264 valence electrons. The molecule has 0 aromatic carbocycles. The minimum absolute atomic E-state index is 0.239. The van der Waals surface area contributed by atoms with Gasteiger partial charge in [0.25, 0.3) is 0 Å². The summed E-state index contributed by atoms with van der Waals surface area (Å²) in [5, 5.41) is 36.7. The number of aliphatic hydroxyl groups excluding tert-OH is 2. The minimum atomic E-state index is -2.12. The standard InChI is InChI=1S/C34H44O14/c1-10-17-20(32(7)33(8,42)29(41)48-34(32)26(10)47-34)25(43-11(2)35)19-16-18(23(40)27(31(17,19)6)44-12(3)36)30(5)14(21(38)22(16)39)9-15-24(46-15)28(30)45-13(4)37/h10,14-20,22-28,39-40,42H,9H2,1-8H3/t10-,14+,15-,16+,17-,18+,19+,20-,22+,23-,24-,25+,26-,27-,28-,30-,31+,32-,33+,34+/m0/s1. The second-order valence-electron chi connectivity index (χ2n) is 16.5. The maximum absolute atomic E-state index is 14.4. The molecule has 48 heavy (non-hydrogen) atoms. The molecular weight excluding hydrogens is 632 g/mol. The van der Waals surface area contributed by atoms with Gasteiger partial charge in [0.2, 0.25) is 5.79 Å². The van der Waals surface area contributed by atoms with E-state index in [1.165, 1.54) is 27.7 Å². The van der Waals surface area contributed by atoms with Crippen molar-refractivity contribution in [3.63, 3.8) is 0 Å². The fourth-order valence-electron chi connectivity index (χ4n) is 12.9. The van der Waals surface area contributed by atoms with E-state index in [0.717, 1.165) is 0 Å². The molecule has 3 saturated heterocycles. The molecule has 3 N–H and O–H groups in total. The molecule has 3 aliphatic heterocycles. The summed E-state index contributed by atoms with van der Waals surface area (Å²) in [6.45, 7) is 12.1. The van der Waals surface area contributed by atoms with E-state index in [1.807, 2.05) is 6.92 Å². The molecular formula is C34H44O14. The molecule has 14 nitrogen and oxygen atoms in total. The summed E-state index contributed by atoms with van der Waals surface area (Å²) in [7, 11) is 0. The number of esters is 4. The van der Waals surface area contributed by atoms with Crippen LogP contribution in [0.3, 0.4) is 0 Å². The molecule has 5 saturated carbocycles.